The lowest BCUT2D eigenvalue weighted by atomic mass is 9.86. The van der Waals surface area contributed by atoms with Gasteiger partial charge in [0.25, 0.3) is 0 Å². The first-order valence-corrected chi connectivity index (χ1v) is 9.55. The Labute approximate surface area is 176 Å². The van der Waals surface area contributed by atoms with Crippen molar-refractivity contribution in [1.29, 1.82) is 0 Å². The average Bonchev–Trinajstić information content (AvgIpc) is 2.74. The molecule has 0 spiro atoms. The maximum absolute atomic E-state index is 13.1. The van der Waals surface area contributed by atoms with Crippen LogP contribution in [0.2, 0.25) is 0 Å². The van der Waals surface area contributed by atoms with Crippen LogP contribution in [-0.4, -0.2) is 5.97 Å². The highest BCUT2D eigenvalue weighted by Gasteiger charge is 2.39. The first-order chi connectivity index (χ1) is 14.2. The van der Waals surface area contributed by atoms with Crippen LogP contribution >= 0.6 is 0 Å². The van der Waals surface area contributed by atoms with Gasteiger partial charge in [0, 0.05) is 11.1 Å². The highest BCUT2D eigenvalue weighted by Crippen LogP contribution is 2.37. The lowest BCUT2D eigenvalue weighted by Crippen LogP contribution is -2.37. The second kappa shape index (κ2) is 8.42. The van der Waals surface area contributed by atoms with Crippen LogP contribution in [0.5, 0.6) is 11.5 Å². The summed E-state index contributed by atoms with van der Waals surface area (Å²) in [7, 11) is 0. The quantitative estimate of drug-likeness (QED) is 0.383. The number of hydrogen-bond acceptors (Lipinski definition) is 3. The molecule has 152 valence electrons. The van der Waals surface area contributed by atoms with Crippen molar-refractivity contribution in [2.24, 2.45) is 5.41 Å². The van der Waals surface area contributed by atoms with Gasteiger partial charge in [0.1, 0.15) is 17.3 Å². The fourth-order valence-electron chi connectivity index (χ4n) is 2.84. The van der Waals surface area contributed by atoms with Crippen molar-refractivity contribution in [2.45, 2.75) is 26.4 Å². The molecule has 0 fully saturated rings. The molecule has 0 saturated heterocycles. The Morgan fingerprint density at radius 3 is 1.83 bits per heavy atom. The van der Waals surface area contributed by atoms with Crippen LogP contribution < -0.4 is 4.74 Å². The summed E-state index contributed by atoms with van der Waals surface area (Å²) in [6.45, 7) is 5.34. The summed E-state index contributed by atoms with van der Waals surface area (Å²) in [4.78, 5) is 12.7. The van der Waals surface area contributed by atoms with Gasteiger partial charge >= 0.3 is 5.97 Å². The van der Waals surface area contributed by atoms with Gasteiger partial charge in [-0.1, -0.05) is 30.3 Å². The molecule has 3 nitrogen and oxygen atoms in total. The number of esters is 1. The van der Waals surface area contributed by atoms with Crippen molar-refractivity contribution in [1.82, 2.24) is 0 Å². The average molecular weight is 402 g/mol. The zero-order chi connectivity index (χ0) is 21.8. The Morgan fingerprint density at radius 1 is 0.833 bits per heavy atom. The number of hydrogen-bond donors (Lipinski definition) is 0. The van der Waals surface area contributed by atoms with Gasteiger partial charge in [0.05, 0.1) is 5.41 Å². The van der Waals surface area contributed by atoms with Gasteiger partial charge in [-0.15, -0.1) is 6.42 Å². The second-order valence-corrected chi connectivity index (χ2v) is 7.91. The molecule has 0 aliphatic heterocycles. The number of terminal acetylenes is 1. The van der Waals surface area contributed by atoms with Crippen molar-refractivity contribution in [3.63, 3.8) is 0 Å². The number of benzene rings is 3. The lowest BCUT2D eigenvalue weighted by molar-refractivity contribution is -0.161. The monoisotopic (exact) mass is 402 g/mol. The van der Waals surface area contributed by atoms with Gasteiger partial charge in [0.2, 0.25) is 5.60 Å². The maximum atomic E-state index is 13.1. The van der Waals surface area contributed by atoms with Crippen molar-refractivity contribution in [3.05, 3.63) is 95.8 Å². The molecule has 30 heavy (non-hydrogen) atoms. The molecule has 0 amide bonds. The fourth-order valence-corrected chi connectivity index (χ4v) is 2.84. The van der Waals surface area contributed by atoms with Gasteiger partial charge in [0.15, 0.2) is 0 Å². The van der Waals surface area contributed by atoms with Crippen molar-refractivity contribution >= 4 is 5.97 Å². The molecule has 1 unspecified atom stereocenters. The Bertz CT molecular complexity index is 1040. The third-order valence-electron chi connectivity index (χ3n) is 4.55. The summed E-state index contributed by atoms with van der Waals surface area (Å²) in [6.07, 6.45) is 5.95. The van der Waals surface area contributed by atoms with Crippen LogP contribution in [0.4, 0.5) is 4.39 Å². The Kier molecular flexibility index (Phi) is 5.94. The van der Waals surface area contributed by atoms with Crippen LogP contribution in [0.1, 0.15) is 31.9 Å². The zero-order valence-corrected chi connectivity index (χ0v) is 17.2. The first kappa shape index (κ1) is 21.1. The van der Waals surface area contributed by atoms with Gasteiger partial charge in [-0.25, -0.2) is 4.39 Å². The summed E-state index contributed by atoms with van der Waals surface area (Å²) in [5, 5.41) is 0. The molecule has 3 aromatic carbocycles. The fraction of sp³-hybridized carbons (Fsp3) is 0.192. The summed E-state index contributed by atoms with van der Waals surface area (Å²) < 4.78 is 24.8. The van der Waals surface area contributed by atoms with Crippen molar-refractivity contribution < 1.29 is 18.7 Å². The molecule has 0 aromatic heterocycles. The van der Waals surface area contributed by atoms with E-state index >= 15 is 0 Å². The molecule has 1 atom stereocenters. The van der Waals surface area contributed by atoms with E-state index < -0.39 is 17.0 Å². The van der Waals surface area contributed by atoms with E-state index in [1.807, 2.05) is 30.3 Å². The normalized spacial score (nSPS) is 13.0. The van der Waals surface area contributed by atoms with E-state index in [1.54, 1.807) is 57.2 Å². The van der Waals surface area contributed by atoms with Crippen LogP contribution in [0.3, 0.4) is 0 Å². The smallest absolute Gasteiger partial charge is 0.313 e. The third-order valence-corrected chi connectivity index (χ3v) is 4.55. The highest BCUT2D eigenvalue weighted by atomic mass is 19.1. The Balaban J connectivity index is 1.98. The van der Waals surface area contributed by atoms with E-state index in [2.05, 4.69) is 5.92 Å². The van der Waals surface area contributed by atoms with Gasteiger partial charge in [-0.3, -0.25) is 4.79 Å². The standard InChI is InChI=1S/C26H23FO3/c1-5-26(19-9-7-6-8-10-19,30-24(28)25(2,3)4)20-11-15-22(16-12-20)29-23-17-13-21(27)14-18-23/h1,6-18H,2-4H3. The van der Waals surface area contributed by atoms with Crippen LogP contribution in [0.15, 0.2) is 78.9 Å². The van der Waals surface area contributed by atoms with Crippen LogP contribution in [0.25, 0.3) is 0 Å². The van der Waals surface area contributed by atoms with E-state index in [9.17, 15) is 9.18 Å². The van der Waals surface area contributed by atoms with Gasteiger partial charge in [-0.05, 0) is 75.2 Å². The Hall–Kier alpha value is -3.58. The minimum Gasteiger partial charge on any atom is -0.457 e. The van der Waals surface area contributed by atoms with Crippen molar-refractivity contribution in [3.8, 4) is 23.8 Å². The summed E-state index contributed by atoms with van der Waals surface area (Å²) in [5.74, 6) is 3.02. The van der Waals surface area contributed by atoms with E-state index in [4.69, 9.17) is 15.9 Å². The third kappa shape index (κ3) is 4.52. The molecular formula is C26H23FO3. The molecule has 3 rings (SSSR count). The summed E-state index contributed by atoms with van der Waals surface area (Å²) in [6, 6.07) is 22.0. The molecule has 0 aliphatic rings. The molecular weight excluding hydrogens is 379 g/mol. The number of halogens is 1. The van der Waals surface area contributed by atoms with E-state index in [0.717, 1.165) is 0 Å². The Morgan fingerprint density at radius 2 is 1.33 bits per heavy atom. The highest BCUT2D eigenvalue weighted by molar-refractivity contribution is 5.77. The molecule has 0 radical (unpaired) electrons. The molecule has 3 aromatic rings. The number of rotatable bonds is 5. The topological polar surface area (TPSA) is 35.5 Å². The van der Waals surface area contributed by atoms with Crippen LogP contribution in [0, 0.1) is 23.6 Å². The predicted molar refractivity (Wildman–Crippen MR) is 115 cm³/mol. The molecule has 4 heteroatoms. The van der Waals surface area contributed by atoms with E-state index in [-0.39, 0.29) is 5.82 Å². The van der Waals surface area contributed by atoms with Crippen LogP contribution in [-0.2, 0) is 15.1 Å². The molecule has 0 aliphatic carbocycles. The van der Waals surface area contributed by atoms with Crippen molar-refractivity contribution in [2.75, 3.05) is 0 Å². The predicted octanol–water partition coefficient (Wildman–Crippen LogP) is 6.08. The number of carbonyl (C=O) groups excluding carboxylic acids is 1. The van der Waals surface area contributed by atoms with Gasteiger partial charge in [-0.2, -0.15) is 0 Å². The SMILES string of the molecule is C#CC(OC(=O)C(C)(C)C)(c1ccccc1)c1ccc(Oc2ccc(F)cc2)cc1. The maximum Gasteiger partial charge on any atom is 0.313 e. The molecule has 0 bridgehead atoms. The molecule has 0 heterocycles. The van der Waals surface area contributed by atoms with E-state index in [1.165, 1.54) is 12.1 Å². The second-order valence-electron chi connectivity index (χ2n) is 7.91. The minimum atomic E-state index is -1.37. The number of carbonyl (C=O) groups is 1. The molecule has 0 saturated carbocycles. The van der Waals surface area contributed by atoms with Gasteiger partial charge < -0.3 is 9.47 Å². The minimum absolute atomic E-state index is 0.333. The zero-order valence-electron chi connectivity index (χ0n) is 17.2. The van der Waals surface area contributed by atoms with E-state index in [0.29, 0.717) is 22.6 Å². The summed E-state index contributed by atoms with van der Waals surface area (Å²) >= 11 is 0. The molecule has 0 N–H and O–H groups in total. The summed E-state index contributed by atoms with van der Waals surface area (Å²) in [5.41, 5.74) is -0.791. The first-order valence-electron chi connectivity index (χ1n) is 9.55. The number of ether oxygens (including phenoxy) is 2. The largest absolute Gasteiger partial charge is 0.457 e. The lowest BCUT2D eigenvalue weighted by Gasteiger charge is -2.32.